The van der Waals surface area contributed by atoms with Gasteiger partial charge < -0.3 is 9.47 Å². The molecule has 1 N–H and O–H groups in total. The summed E-state index contributed by atoms with van der Waals surface area (Å²) in [6.45, 7) is 7.28. The summed E-state index contributed by atoms with van der Waals surface area (Å²) in [4.78, 5) is 16.2. The van der Waals surface area contributed by atoms with E-state index in [4.69, 9.17) is 21.1 Å². The van der Waals surface area contributed by atoms with Crippen molar-refractivity contribution in [1.29, 1.82) is 0 Å². The number of hydrogen-bond donors (Lipinski definition) is 1. The molecule has 0 aliphatic heterocycles. The molecule has 0 radical (unpaired) electrons. The molecular weight excluding hydrogens is 368 g/mol. The van der Waals surface area contributed by atoms with Gasteiger partial charge in [0.15, 0.2) is 0 Å². The fraction of sp³-hybridized carbons (Fsp3) is 0.316. The minimum absolute atomic E-state index is 0.241. The van der Waals surface area contributed by atoms with Crippen molar-refractivity contribution in [2.45, 2.75) is 33.3 Å². The third-order valence-electron chi connectivity index (χ3n) is 3.62. The second-order valence-electron chi connectivity index (χ2n) is 7.13. The first-order valence-electron chi connectivity index (χ1n) is 8.39. The molecule has 2 aromatic heterocycles. The van der Waals surface area contributed by atoms with Crippen LogP contribution in [0.4, 0.5) is 10.6 Å². The maximum absolute atomic E-state index is 11.9. The number of fused-ring (bicyclic) bond motifs is 1. The largest absolute Gasteiger partial charge is 0.444 e. The molecule has 0 spiro atoms. The molecule has 0 unspecified atom stereocenters. The van der Waals surface area contributed by atoms with Crippen molar-refractivity contribution in [2.24, 2.45) is 7.05 Å². The first-order valence-corrected chi connectivity index (χ1v) is 8.77. The molecule has 3 rings (SSSR count). The average molecular weight is 389 g/mol. The summed E-state index contributed by atoms with van der Waals surface area (Å²) in [5.41, 5.74) is 1.30. The number of hydrogen-bond acceptors (Lipinski definition) is 5. The summed E-state index contributed by atoms with van der Waals surface area (Å²) in [5.74, 6) is 1.09. The number of rotatable bonds is 3. The van der Waals surface area contributed by atoms with Gasteiger partial charge in [0.05, 0.1) is 11.2 Å². The van der Waals surface area contributed by atoms with Crippen molar-refractivity contribution < 1.29 is 14.3 Å². The molecule has 0 fully saturated rings. The Kier molecular flexibility index (Phi) is 4.97. The van der Waals surface area contributed by atoms with Crippen LogP contribution in [0.3, 0.4) is 0 Å². The Hall–Kier alpha value is -2.80. The fourth-order valence-corrected chi connectivity index (χ4v) is 2.80. The Morgan fingerprint density at radius 1 is 1.22 bits per heavy atom. The van der Waals surface area contributed by atoms with E-state index in [0.717, 1.165) is 16.6 Å². The van der Waals surface area contributed by atoms with Crippen molar-refractivity contribution in [1.82, 2.24) is 14.8 Å². The maximum Gasteiger partial charge on any atom is 0.413 e. The Labute approximate surface area is 162 Å². The summed E-state index contributed by atoms with van der Waals surface area (Å²) in [6.07, 6.45) is -0.615. The number of amides is 1. The van der Waals surface area contributed by atoms with Crippen molar-refractivity contribution >= 4 is 34.4 Å². The number of benzene rings is 1. The van der Waals surface area contributed by atoms with Crippen LogP contribution in [-0.2, 0) is 11.8 Å². The van der Waals surface area contributed by atoms with Gasteiger partial charge in [-0.25, -0.2) is 4.79 Å². The monoisotopic (exact) mass is 388 g/mol. The van der Waals surface area contributed by atoms with E-state index in [1.54, 1.807) is 26.8 Å². The zero-order valence-corrected chi connectivity index (χ0v) is 16.6. The molecule has 142 valence electrons. The van der Waals surface area contributed by atoms with E-state index in [9.17, 15) is 4.79 Å². The standard InChI is InChI=1S/C19H21ClN4O3/c1-11-14-10-13(6-7-15(14)24(5)23-11)26-17-9-12(20)8-16(21-17)22-18(25)27-19(2,3)4/h6-10H,1-5H3,(H,21,22,25). The average Bonchev–Trinajstić information content (AvgIpc) is 2.79. The van der Waals surface area contributed by atoms with Crippen molar-refractivity contribution in [3.05, 3.63) is 41.0 Å². The highest BCUT2D eigenvalue weighted by molar-refractivity contribution is 6.31. The molecule has 2 heterocycles. The molecular formula is C19H21ClN4O3. The van der Waals surface area contributed by atoms with Crippen molar-refractivity contribution in [3.8, 4) is 11.6 Å². The molecule has 8 heteroatoms. The quantitative estimate of drug-likeness (QED) is 0.677. The number of carbonyl (C=O) groups is 1. The van der Waals surface area contributed by atoms with Crippen LogP contribution < -0.4 is 10.1 Å². The fourth-order valence-electron chi connectivity index (χ4n) is 2.60. The number of halogens is 1. The predicted molar refractivity (Wildman–Crippen MR) is 105 cm³/mol. The summed E-state index contributed by atoms with van der Waals surface area (Å²) in [5, 5.41) is 8.32. The minimum atomic E-state index is -0.615. The van der Waals surface area contributed by atoms with E-state index in [1.165, 1.54) is 6.07 Å². The molecule has 0 bridgehead atoms. The maximum atomic E-state index is 11.9. The number of ether oxygens (including phenoxy) is 2. The Morgan fingerprint density at radius 2 is 1.96 bits per heavy atom. The summed E-state index contributed by atoms with van der Waals surface area (Å²) < 4.78 is 12.9. The molecule has 0 saturated carbocycles. The van der Waals surface area contributed by atoms with Crippen molar-refractivity contribution in [3.63, 3.8) is 0 Å². The number of aryl methyl sites for hydroxylation is 2. The number of nitrogens with one attached hydrogen (secondary N) is 1. The second-order valence-corrected chi connectivity index (χ2v) is 7.56. The van der Waals surface area contributed by atoms with Crippen LogP contribution in [-0.4, -0.2) is 26.5 Å². The van der Waals surface area contributed by atoms with Gasteiger partial charge in [-0.2, -0.15) is 10.1 Å². The number of anilines is 1. The summed E-state index contributed by atoms with van der Waals surface area (Å²) >= 11 is 6.13. The van der Waals surface area contributed by atoms with E-state index in [0.29, 0.717) is 10.8 Å². The number of nitrogens with zero attached hydrogens (tertiary/aromatic N) is 3. The van der Waals surface area contributed by atoms with Crippen LogP contribution in [0.15, 0.2) is 30.3 Å². The Morgan fingerprint density at radius 3 is 2.67 bits per heavy atom. The highest BCUT2D eigenvalue weighted by Gasteiger charge is 2.17. The molecule has 0 aliphatic rings. The van der Waals surface area contributed by atoms with Gasteiger partial charge in [-0.05, 0) is 52.0 Å². The van der Waals surface area contributed by atoms with Crippen LogP contribution in [0.25, 0.3) is 10.9 Å². The zero-order valence-electron chi connectivity index (χ0n) is 15.8. The van der Waals surface area contributed by atoms with E-state index >= 15 is 0 Å². The van der Waals surface area contributed by atoms with E-state index < -0.39 is 11.7 Å². The van der Waals surface area contributed by atoms with Crippen LogP contribution >= 0.6 is 11.6 Å². The van der Waals surface area contributed by atoms with Gasteiger partial charge in [0, 0.05) is 23.5 Å². The highest BCUT2D eigenvalue weighted by Crippen LogP contribution is 2.29. The number of carbonyl (C=O) groups excluding carboxylic acids is 1. The minimum Gasteiger partial charge on any atom is -0.444 e. The molecule has 7 nitrogen and oxygen atoms in total. The molecule has 0 aliphatic carbocycles. The second kappa shape index (κ2) is 7.08. The molecule has 27 heavy (non-hydrogen) atoms. The van der Waals surface area contributed by atoms with Gasteiger partial charge in [0.25, 0.3) is 0 Å². The normalized spacial score (nSPS) is 11.5. The first kappa shape index (κ1) is 19.0. The Balaban J connectivity index is 1.82. The lowest BCUT2D eigenvalue weighted by atomic mass is 10.2. The van der Waals surface area contributed by atoms with Crippen LogP contribution in [0.5, 0.6) is 11.6 Å². The summed E-state index contributed by atoms with van der Waals surface area (Å²) in [7, 11) is 1.89. The molecule has 1 amide bonds. The van der Waals surface area contributed by atoms with Crippen LogP contribution in [0, 0.1) is 6.92 Å². The van der Waals surface area contributed by atoms with E-state index in [-0.39, 0.29) is 11.7 Å². The first-order chi connectivity index (χ1) is 12.6. The van der Waals surface area contributed by atoms with Gasteiger partial charge in [0.2, 0.25) is 5.88 Å². The van der Waals surface area contributed by atoms with Gasteiger partial charge >= 0.3 is 6.09 Å². The SMILES string of the molecule is Cc1nn(C)c2ccc(Oc3cc(Cl)cc(NC(=O)OC(C)(C)C)n3)cc12. The van der Waals surface area contributed by atoms with Crippen molar-refractivity contribution in [2.75, 3.05) is 5.32 Å². The van der Waals surface area contributed by atoms with Gasteiger partial charge in [-0.3, -0.25) is 10.00 Å². The topological polar surface area (TPSA) is 78.3 Å². The number of aromatic nitrogens is 3. The lowest BCUT2D eigenvalue weighted by Gasteiger charge is -2.19. The third kappa shape index (κ3) is 4.68. The molecule has 0 atom stereocenters. The van der Waals surface area contributed by atoms with E-state index in [1.807, 2.05) is 36.9 Å². The Bertz CT molecular complexity index is 1010. The van der Waals surface area contributed by atoms with Gasteiger partial charge in [-0.15, -0.1) is 0 Å². The summed E-state index contributed by atoms with van der Waals surface area (Å²) in [6, 6.07) is 8.73. The molecule has 3 aromatic rings. The predicted octanol–water partition coefficient (Wildman–Crippen LogP) is 5.07. The third-order valence-corrected chi connectivity index (χ3v) is 3.84. The van der Waals surface area contributed by atoms with Gasteiger partial charge in [0.1, 0.15) is 17.2 Å². The molecule has 0 saturated heterocycles. The van der Waals surface area contributed by atoms with Crippen LogP contribution in [0.1, 0.15) is 26.5 Å². The van der Waals surface area contributed by atoms with E-state index in [2.05, 4.69) is 15.4 Å². The van der Waals surface area contributed by atoms with Gasteiger partial charge in [-0.1, -0.05) is 11.6 Å². The smallest absolute Gasteiger partial charge is 0.413 e. The lowest BCUT2D eigenvalue weighted by molar-refractivity contribution is 0.0635. The lowest BCUT2D eigenvalue weighted by Crippen LogP contribution is -2.27. The number of pyridine rings is 1. The molecule has 1 aromatic carbocycles. The zero-order chi connectivity index (χ0) is 19.8. The highest BCUT2D eigenvalue weighted by atomic mass is 35.5. The van der Waals surface area contributed by atoms with Crippen LogP contribution in [0.2, 0.25) is 5.02 Å².